The quantitative estimate of drug-likeness (QED) is 0.770. The highest BCUT2D eigenvalue weighted by atomic mass is 15.3. The second-order valence-electron chi connectivity index (χ2n) is 4.32. The molecule has 1 N–H and O–H groups in total. The van der Waals surface area contributed by atoms with E-state index in [4.69, 9.17) is 0 Å². The fourth-order valence-corrected chi connectivity index (χ4v) is 2.06. The summed E-state index contributed by atoms with van der Waals surface area (Å²) in [5, 5.41) is 8.13. The molecule has 0 saturated heterocycles. The van der Waals surface area contributed by atoms with Crippen molar-refractivity contribution in [1.82, 2.24) is 15.1 Å². The third-order valence-corrected chi connectivity index (χ3v) is 2.81. The molecule has 0 radical (unpaired) electrons. The molecule has 1 unspecified atom stereocenters. The molecule has 0 bridgehead atoms. The summed E-state index contributed by atoms with van der Waals surface area (Å²) in [4.78, 5) is 0. The molecular formula is C13H25N3. The lowest BCUT2D eigenvalue weighted by Gasteiger charge is -2.18. The maximum absolute atomic E-state index is 4.52. The van der Waals surface area contributed by atoms with Gasteiger partial charge in [0.25, 0.3) is 0 Å². The van der Waals surface area contributed by atoms with E-state index in [-0.39, 0.29) is 0 Å². The van der Waals surface area contributed by atoms with Gasteiger partial charge in [0.05, 0.1) is 11.4 Å². The predicted molar refractivity (Wildman–Crippen MR) is 68.6 cm³/mol. The zero-order valence-electron chi connectivity index (χ0n) is 11.1. The summed E-state index contributed by atoms with van der Waals surface area (Å²) in [6.45, 7) is 10.7. The Morgan fingerprint density at radius 2 is 2.06 bits per heavy atom. The van der Waals surface area contributed by atoms with Crippen molar-refractivity contribution in [3.8, 4) is 0 Å². The zero-order chi connectivity index (χ0) is 12.0. The van der Waals surface area contributed by atoms with Crippen LogP contribution in [0, 0.1) is 6.92 Å². The van der Waals surface area contributed by atoms with Gasteiger partial charge in [0.15, 0.2) is 0 Å². The Morgan fingerprint density at radius 3 is 2.62 bits per heavy atom. The first kappa shape index (κ1) is 13.2. The van der Waals surface area contributed by atoms with E-state index in [2.05, 4.69) is 48.9 Å². The minimum absolute atomic E-state index is 0.464. The number of hydrogen-bond donors (Lipinski definition) is 1. The van der Waals surface area contributed by atoms with Gasteiger partial charge in [-0.2, -0.15) is 5.10 Å². The fourth-order valence-electron chi connectivity index (χ4n) is 2.06. The number of nitrogens with one attached hydrogen (secondary N) is 1. The molecule has 3 heteroatoms. The first-order chi connectivity index (χ1) is 7.72. The monoisotopic (exact) mass is 223 g/mol. The Hall–Kier alpha value is -0.830. The van der Waals surface area contributed by atoms with E-state index < -0.39 is 0 Å². The number of nitrogens with zero attached hydrogens (tertiary/aromatic N) is 2. The lowest BCUT2D eigenvalue weighted by atomic mass is 10.1. The van der Waals surface area contributed by atoms with Gasteiger partial charge in [-0.1, -0.05) is 20.3 Å². The molecule has 0 aliphatic carbocycles. The van der Waals surface area contributed by atoms with Crippen molar-refractivity contribution in [2.75, 3.05) is 6.54 Å². The Balaban J connectivity index is 2.81. The molecule has 0 aromatic carbocycles. The van der Waals surface area contributed by atoms with Crippen LogP contribution in [0.1, 0.15) is 57.5 Å². The number of rotatable bonds is 7. The van der Waals surface area contributed by atoms with Gasteiger partial charge in [-0.3, -0.25) is 4.68 Å². The van der Waals surface area contributed by atoms with Gasteiger partial charge < -0.3 is 5.32 Å². The number of aromatic nitrogens is 2. The summed E-state index contributed by atoms with van der Waals surface area (Å²) in [6, 6.07) is 2.68. The highest BCUT2D eigenvalue weighted by Gasteiger charge is 2.15. The van der Waals surface area contributed by atoms with Crippen LogP contribution in [0.2, 0.25) is 0 Å². The van der Waals surface area contributed by atoms with Crippen LogP contribution in [0.4, 0.5) is 0 Å². The van der Waals surface area contributed by atoms with Gasteiger partial charge in [0, 0.05) is 12.6 Å². The van der Waals surface area contributed by atoms with Crippen LogP contribution in [0.5, 0.6) is 0 Å². The summed E-state index contributed by atoms with van der Waals surface area (Å²) in [6.07, 6.45) is 3.57. The zero-order valence-corrected chi connectivity index (χ0v) is 11.1. The molecule has 0 fully saturated rings. The Kier molecular flexibility index (Phi) is 5.53. The van der Waals surface area contributed by atoms with Crippen LogP contribution < -0.4 is 5.32 Å². The molecule has 0 aliphatic heterocycles. The van der Waals surface area contributed by atoms with Crippen molar-refractivity contribution in [2.24, 2.45) is 0 Å². The van der Waals surface area contributed by atoms with Gasteiger partial charge in [-0.25, -0.2) is 0 Å². The summed E-state index contributed by atoms with van der Waals surface area (Å²) >= 11 is 0. The van der Waals surface area contributed by atoms with Crippen molar-refractivity contribution >= 4 is 0 Å². The minimum Gasteiger partial charge on any atom is -0.309 e. The molecule has 1 aromatic heterocycles. The molecule has 0 amide bonds. The van der Waals surface area contributed by atoms with Gasteiger partial charge in [0.1, 0.15) is 0 Å². The summed E-state index contributed by atoms with van der Waals surface area (Å²) < 4.78 is 2.12. The van der Waals surface area contributed by atoms with Gasteiger partial charge in [-0.05, 0) is 39.3 Å². The van der Waals surface area contributed by atoms with E-state index in [1.807, 2.05) is 0 Å². The predicted octanol–water partition coefficient (Wildman–Crippen LogP) is 3.05. The third-order valence-electron chi connectivity index (χ3n) is 2.81. The van der Waals surface area contributed by atoms with E-state index in [0.717, 1.165) is 18.8 Å². The molecule has 92 valence electrons. The van der Waals surface area contributed by atoms with E-state index >= 15 is 0 Å². The summed E-state index contributed by atoms with van der Waals surface area (Å²) in [5.74, 6) is 0. The van der Waals surface area contributed by atoms with Crippen LogP contribution in [0.3, 0.4) is 0 Å². The van der Waals surface area contributed by atoms with Crippen LogP contribution in [0.25, 0.3) is 0 Å². The lowest BCUT2D eigenvalue weighted by molar-refractivity contribution is 0.452. The van der Waals surface area contributed by atoms with E-state index in [0.29, 0.717) is 6.04 Å². The minimum atomic E-state index is 0.464. The van der Waals surface area contributed by atoms with Crippen molar-refractivity contribution in [2.45, 2.75) is 59.5 Å². The molecule has 1 rings (SSSR count). The number of hydrogen-bond acceptors (Lipinski definition) is 2. The molecule has 3 nitrogen and oxygen atoms in total. The molecule has 16 heavy (non-hydrogen) atoms. The van der Waals surface area contributed by atoms with Gasteiger partial charge in [0.2, 0.25) is 0 Å². The van der Waals surface area contributed by atoms with Crippen molar-refractivity contribution in [3.63, 3.8) is 0 Å². The maximum Gasteiger partial charge on any atom is 0.0597 e. The van der Waals surface area contributed by atoms with Crippen molar-refractivity contribution < 1.29 is 0 Å². The third kappa shape index (κ3) is 3.34. The molecule has 1 heterocycles. The van der Waals surface area contributed by atoms with Gasteiger partial charge >= 0.3 is 0 Å². The van der Waals surface area contributed by atoms with Crippen LogP contribution in [0.15, 0.2) is 6.07 Å². The normalized spacial score (nSPS) is 13.0. The highest BCUT2D eigenvalue weighted by Crippen LogP contribution is 2.19. The Bertz CT molecular complexity index is 304. The van der Waals surface area contributed by atoms with Crippen LogP contribution >= 0.6 is 0 Å². The summed E-state index contributed by atoms with van der Waals surface area (Å²) in [7, 11) is 0. The highest BCUT2D eigenvalue weighted by molar-refractivity contribution is 5.13. The molecule has 1 atom stereocenters. The second-order valence-corrected chi connectivity index (χ2v) is 4.32. The standard InChI is InChI=1S/C13H25N3/c1-5-8-12(14-9-6-2)13-10-11(4)15-16(13)7-3/h10,12,14H,5-9H2,1-4H3. The van der Waals surface area contributed by atoms with Crippen molar-refractivity contribution in [1.29, 1.82) is 0 Å². The number of aryl methyl sites for hydroxylation is 2. The Labute approximate surface area is 99.2 Å². The van der Waals surface area contributed by atoms with Crippen molar-refractivity contribution in [3.05, 3.63) is 17.5 Å². The van der Waals surface area contributed by atoms with Crippen LogP contribution in [-0.2, 0) is 6.54 Å². The molecular weight excluding hydrogens is 198 g/mol. The summed E-state index contributed by atoms with van der Waals surface area (Å²) in [5.41, 5.74) is 2.46. The van der Waals surface area contributed by atoms with E-state index in [1.165, 1.54) is 25.0 Å². The van der Waals surface area contributed by atoms with E-state index in [1.54, 1.807) is 0 Å². The molecule has 0 saturated carbocycles. The molecule has 0 aliphatic rings. The Morgan fingerprint density at radius 1 is 1.31 bits per heavy atom. The first-order valence-electron chi connectivity index (χ1n) is 6.50. The largest absolute Gasteiger partial charge is 0.309 e. The lowest BCUT2D eigenvalue weighted by Crippen LogP contribution is -2.24. The molecule has 1 aromatic rings. The SMILES string of the molecule is CCCNC(CCC)c1cc(C)nn1CC. The van der Waals surface area contributed by atoms with E-state index in [9.17, 15) is 0 Å². The molecule has 0 spiro atoms. The fraction of sp³-hybridized carbons (Fsp3) is 0.769. The topological polar surface area (TPSA) is 29.9 Å². The average Bonchev–Trinajstić information content (AvgIpc) is 2.65. The first-order valence-corrected chi connectivity index (χ1v) is 6.50. The maximum atomic E-state index is 4.52. The van der Waals surface area contributed by atoms with Crippen LogP contribution in [-0.4, -0.2) is 16.3 Å². The smallest absolute Gasteiger partial charge is 0.0597 e. The average molecular weight is 223 g/mol. The van der Waals surface area contributed by atoms with Gasteiger partial charge in [-0.15, -0.1) is 0 Å². The second kappa shape index (κ2) is 6.69.